The number of esters is 1. The maximum Gasteiger partial charge on any atom is 0.338 e. The minimum Gasteiger partial charge on any atom is -0.465 e. The molecule has 2 rings (SSSR count). The summed E-state index contributed by atoms with van der Waals surface area (Å²) in [7, 11) is 1.29. The van der Waals surface area contributed by atoms with Crippen molar-refractivity contribution in [2.75, 3.05) is 12.4 Å². The van der Waals surface area contributed by atoms with Crippen LogP contribution in [0.4, 0.5) is 5.82 Å². The van der Waals surface area contributed by atoms with Crippen molar-refractivity contribution in [1.82, 2.24) is 10.3 Å². The maximum atomic E-state index is 12.1. The second-order valence-electron chi connectivity index (χ2n) is 6.06. The molecule has 24 heavy (non-hydrogen) atoms. The highest BCUT2D eigenvalue weighted by atomic mass is 16.5. The van der Waals surface area contributed by atoms with Crippen molar-refractivity contribution < 1.29 is 19.1 Å². The molecule has 1 fully saturated rings. The Morgan fingerprint density at radius 3 is 2.71 bits per heavy atom. The molecule has 0 aromatic carbocycles. The molecule has 2 N–H and O–H groups in total. The van der Waals surface area contributed by atoms with E-state index >= 15 is 0 Å². The first-order valence-electron chi connectivity index (χ1n) is 8.14. The third-order valence-electron chi connectivity index (χ3n) is 4.05. The Bertz CT molecular complexity index is 612. The first-order valence-corrected chi connectivity index (χ1v) is 8.14. The number of methoxy groups -OCH3 is 1. The Morgan fingerprint density at radius 2 is 2.04 bits per heavy atom. The Balaban J connectivity index is 1.84. The molecule has 0 unspecified atom stereocenters. The molecule has 1 aromatic rings. The van der Waals surface area contributed by atoms with E-state index in [1.807, 2.05) is 0 Å². The molecule has 1 atom stereocenters. The lowest BCUT2D eigenvalue weighted by molar-refractivity contribution is -0.125. The van der Waals surface area contributed by atoms with Crippen molar-refractivity contribution in [2.24, 2.45) is 5.92 Å². The van der Waals surface area contributed by atoms with Gasteiger partial charge in [0, 0.05) is 24.6 Å². The average molecular weight is 333 g/mol. The summed E-state index contributed by atoms with van der Waals surface area (Å²) in [4.78, 5) is 39.6. The molecule has 7 nitrogen and oxygen atoms in total. The van der Waals surface area contributed by atoms with E-state index < -0.39 is 5.97 Å². The SMILES string of the molecule is COC(=O)c1ccnc(NC(=O)C[C@@H](C)NC(=O)C2CCCC2)c1. The number of hydrogen-bond donors (Lipinski definition) is 2. The highest BCUT2D eigenvalue weighted by molar-refractivity contribution is 5.94. The fourth-order valence-electron chi connectivity index (χ4n) is 2.82. The van der Waals surface area contributed by atoms with Crippen LogP contribution in [0, 0.1) is 5.92 Å². The number of aromatic nitrogens is 1. The maximum absolute atomic E-state index is 12.1. The number of amides is 2. The minimum absolute atomic E-state index is 0.0265. The molecular formula is C17H23N3O4. The van der Waals surface area contributed by atoms with Gasteiger partial charge in [0.1, 0.15) is 5.82 Å². The smallest absolute Gasteiger partial charge is 0.338 e. The molecule has 1 heterocycles. The number of pyridine rings is 1. The van der Waals surface area contributed by atoms with Gasteiger partial charge in [-0.05, 0) is 31.9 Å². The molecule has 2 amide bonds. The zero-order valence-corrected chi connectivity index (χ0v) is 14.0. The number of nitrogens with one attached hydrogen (secondary N) is 2. The third-order valence-corrected chi connectivity index (χ3v) is 4.05. The first-order chi connectivity index (χ1) is 11.5. The van der Waals surface area contributed by atoms with Gasteiger partial charge in [-0.25, -0.2) is 9.78 Å². The lowest BCUT2D eigenvalue weighted by Gasteiger charge is -2.16. The van der Waals surface area contributed by atoms with Crippen molar-refractivity contribution >= 4 is 23.6 Å². The van der Waals surface area contributed by atoms with Crippen molar-refractivity contribution in [3.8, 4) is 0 Å². The van der Waals surface area contributed by atoms with Crippen molar-refractivity contribution in [2.45, 2.75) is 45.1 Å². The van der Waals surface area contributed by atoms with Gasteiger partial charge in [-0.1, -0.05) is 12.8 Å². The number of hydrogen-bond acceptors (Lipinski definition) is 5. The molecule has 1 aromatic heterocycles. The molecule has 0 aliphatic heterocycles. The Morgan fingerprint density at radius 1 is 1.33 bits per heavy atom. The van der Waals surface area contributed by atoms with Gasteiger partial charge in [0.15, 0.2) is 0 Å². The van der Waals surface area contributed by atoms with Gasteiger partial charge in [0.25, 0.3) is 0 Å². The van der Waals surface area contributed by atoms with E-state index in [9.17, 15) is 14.4 Å². The molecule has 0 radical (unpaired) electrons. The largest absolute Gasteiger partial charge is 0.465 e. The zero-order chi connectivity index (χ0) is 17.5. The van der Waals surface area contributed by atoms with Gasteiger partial charge in [-0.15, -0.1) is 0 Å². The molecule has 1 saturated carbocycles. The monoisotopic (exact) mass is 333 g/mol. The van der Waals surface area contributed by atoms with Gasteiger partial charge < -0.3 is 15.4 Å². The Labute approximate surface area is 141 Å². The topological polar surface area (TPSA) is 97.4 Å². The predicted octanol–water partition coefficient (Wildman–Crippen LogP) is 1.89. The molecule has 1 aliphatic rings. The molecule has 1 aliphatic carbocycles. The summed E-state index contributed by atoms with van der Waals surface area (Å²) in [6, 6.07) is 2.69. The van der Waals surface area contributed by atoms with Crippen LogP contribution in [0.15, 0.2) is 18.3 Å². The van der Waals surface area contributed by atoms with Gasteiger partial charge >= 0.3 is 5.97 Å². The fraction of sp³-hybridized carbons (Fsp3) is 0.529. The average Bonchev–Trinajstić information content (AvgIpc) is 3.08. The molecule has 0 spiro atoms. The van der Waals surface area contributed by atoms with Crippen LogP contribution < -0.4 is 10.6 Å². The minimum atomic E-state index is -0.495. The lowest BCUT2D eigenvalue weighted by Crippen LogP contribution is -2.38. The van der Waals surface area contributed by atoms with E-state index in [4.69, 9.17) is 0 Å². The first kappa shape index (κ1) is 17.9. The molecular weight excluding hydrogens is 310 g/mol. The van der Waals surface area contributed by atoms with Gasteiger partial charge in [-0.3, -0.25) is 9.59 Å². The van der Waals surface area contributed by atoms with E-state index in [-0.39, 0.29) is 36.0 Å². The summed E-state index contributed by atoms with van der Waals surface area (Å²) in [5.41, 5.74) is 0.311. The van der Waals surface area contributed by atoms with E-state index in [0.29, 0.717) is 5.56 Å². The van der Waals surface area contributed by atoms with E-state index in [2.05, 4.69) is 20.4 Å². The van der Waals surface area contributed by atoms with E-state index in [0.717, 1.165) is 25.7 Å². The van der Waals surface area contributed by atoms with Gasteiger partial charge in [0.2, 0.25) is 11.8 Å². The van der Waals surface area contributed by atoms with Gasteiger partial charge in [-0.2, -0.15) is 0 Å². The number of nitrogens with zero attached hydrogens (tertiary/aromatic N) is 1. The van der Waals surface area contributed by atoms with Crippen LogP contribution in [0.3, 0.4) is 0 Å². The van der Waals surface area contributed by atoms with Crippen LogP contribution in [-0.4, -0.2) is 35.9 Å². The summed E-state index contributed by atoms with van der Waals surface area (Å²) in [5, 5.41) is 5.51. The highest BCUT2D eigenvalue weighted by Gasteiger charge is 2.24. The normalized spacial score (nSPS) is 15.6. The van der Waals surface area contributed by atoms with Crippen LogP contribution in [0.5, 0.6) is 0 Å². The fourth-order valence-corrected chi connectivity index (χ4v) is 2.82. The number of carbonyl (C=O) groups is 3. The summed E-state index contributed by atoms with van der Waals surface area (Å²) in [6.07, 6.45) is 5.60. The predicted molar refractivity (Wildman–Crippen MR) is 88.4 cm³/mol. The summed E-state index contributed by atoms with van der Waals surface area (Å²) in [5.74, 6) is -0.390. The van der Waals surface area contributed by atoms with Crippen LogP contribution in [0.1, 0.15) is 49.4 Å². The number of anilines is 1. The van der Waals surface area contributed by atoms with Crippen molar-refractivity contribution in [3.63, 3.8) is 0 Å². The van der Waals surface area contributed by atoms with E-state index in [1.165, 1.54) is 25.4 Å². The van der Waals surface area contributed by atoms with Crippen molar-refractivity contribution in [3.05, 3.63) is 23.9 Å². The standard InChI is InChI=1S/C17H23N3O4/c1-11(19-16(22)12-5-3-4-6-12)9-15(21)20-14-10-13(7-8-18-14)17(23)24-2/h7-8,10-12H,3-6,9H2,1-2H3,(H,19,22)(H,18,20,21)/t11-/m1/s1. The number of rotatable bonds is 6. The quantitative estimate of drug-likeness (QED) is 0.775. The Kier molecular flexibility index (Phi) is 6.28. The van der Waals surface area contributed by atoms with Crippen molar-refractivity contribution in [1.29, 1.82) is 0 Å². The van der Waals surface area contributed by atoms with Crippen LogP contribution in [0.2, 0.25) is 0 Å². The molecule has 0 bridgehead atoms. The third kappa shape index (κ3) is 5.04. The molecule has 130 valence electrons. The lowest BCUT2D eigenvalue weighted by atomic mass is 10.1. The van der Waals surface area contributed by atoms with Crippen LogP contribution in [0.25, 0.3) is 0 Å². The number of carbonyl (C=O) groups excluding carboxylic acids is 3. The van der Waals surface area contributed by atoms with E-state index in [1.54, 1.807) is 6.92 Å². The zero-order valence-electron chi connectivity index (χ0n) is 14.0. The number of ether oxygens (including phenoxy) is 1. The Hall–Kier alpha value is -2.44. The summed E-state index contributed by atoms with van der Waals surface area (Å²) in [6.45, 7) is 1.80. The summed E-state index contributed by atoms with van der Waals surface area (Å²) >= 11 is 0. The second-order valence-corrected chi connectivity index (χ2v) is 6.06. The highest BCUT2D eigenvalue weighted by Crippen LogP contribution is 2.24. The van der Waals surface area contributed by atoms with Crippen LogP contribution >= 0.6 is 0 Å². The summed E-state index contributed by atoms with van der Waals surface area (Å²) < 4.78 is 4.63. The molecule has 7 heteroatoms. The van der Waals surface area contributed by atoms with Crippen LogP contribution in [-0.2, 0) is 14.3 Å². The molecule has 0 saturated heterocycles. The van der Waals surface area contributed by atoms with Gasteiger partial charge in [0.05, 0.1) is 12.7 Å². The second kappa shape index (κ2) is 8.42.